The lowest BCUT2D eigenvalue weighted by molar-refractivity contribution is 0.0711. The molecule has 168 valence electrons. The van der Waals surface area contributed by atoms with Gasteiger partial charge in [0.05, 0.1) is 36.5 Å². The van der Waals surface area contributed by atoms with Gasteiger partial charge in [-0.1, -0.05) is 30.3 Å². The summed E-state index contributed by atoms with van der Waals surface area (Å²) in [7, 11) is -3.87. The van der Waals surface area contributed by atoms with Crippen molar-refractivity contribution in [2.45, 2.75) is 18.0 Å². The number of morpholine rings is 1. The van der Waals surface area contributed by atoms with Crippen LogP contribution in [0.5, 0.6) is 0 Å². The molecule has 2 aromatic carbocycles. The van der Waals surface area contributed by atoms with Gasteiger partial charge in [0.1, 0.15) is 11.6 Å². The van der Waals surface area contributed by atoms with E-state index in [-0.39, 0.29) is 36.6 Å². The number of hydrogen-bond acceptors (Lipinski definition) is 5. The highest BCUT2D eigenvalue weighted by molar-refractivity contribution is 7.89. The predicted molar refractivity (Wildman–Crippen MR) is 115 cm³/mol. The molecule has 0 N–H and O–H groups in total. The summed E-state index contributed by atoms with van der Waals surface area (Å²) in [5, 5.41) is 0. The lowest BCUT2D eigenvalue weighted by Gasteiger charge is -2.26. The third-order valence-corrected chi connectivity index (χ3v) is 7.10. The van der Waals surface area contributed by atoms with Crippen LogP contribution in [0.2, 0.25) is 0 Å². The van der Waals surface area contributed by atoms with Crippen LogP contribution in [0.15, 0.2) is 76.2 Å². The Morgan fingerprint density at radius 3 is 2.44 bits per heavy atom. The molecule has 0 aliphatic carbocycles. The minimum Gasteiger partial charge on any atom is -0.467 e. The van der Waals surface area contributed by atoms with E-state index in [1.165, 1.54) is 21.5 Å². The summed E-state index contributed by atoms with van der Waals surface area (Å²) in [4.78, 5) is 14.7. The van der Waals surface area contributed by atoms with Gasteiger partial charge in [-0.2, -0.15) is 4.31 Å². The molecule has 0 spiro atoms. The number of ether oxygens (including phenoxy) is 1. The van der Waals surface area contributed by atoms with Gasteiger partial charge < -0.3 is 14.1 Å². The van der Waals surface area contributed by atoms with Crippen molar-refractivity contribution in [2.75, 3.05) is 26.3 Å². The van der Waals surface area contributed by atoms with Crippen molar-refractivity contribution in [3.05, 3.63) is 89.6 Å². The Balaban J connectivity index is 1.66. The fourth-order valence-electron chi connectivity index (χ4n) is 3.53. The van der Waals surface area contributed by atoms with Crippen molar-refractivity contribution in [3.63, 3.8) is 0 Å². The molecule has 7 nitrogen and oxygen atoms in total. The standard InChI is InChI=1S/C23H23FN2O5S/c24-22-9-8-20(32(28,29)26-10-13-30-14-11-26)15-21(22)23(27)25(17-19-7-4-12-31-19)16-18-5-2-1-3-6-18/h1-9,12,15H,10-11,13-14,16-17H2. The first-order chi connectivity index (χ1) is 15.4. The normalized spacial score (nSPS) is 14.9. The number of halogens is 1. The van der Waals surface area contributed by atoms with Gasteiger partial charge in [0.25, 0.3) is 5.91 Å². The summed E-state index contributed by atoms with van der Waals surface area (Å²) < 4.78 is 52.6. The highest BCUT2D eigenvalue weighted by Gasteiger charge is 2.29. The van der Waals surface area contributed by atoms with Gasteiger partial charge in [0.2, 0.25) is 10.0 Å². The predicted octanol–water partition coefficient (Wildman–Crippen LogP) is 3.28. The number of rotatable bonds is 7. The molecular formula is C23H23FN2O5S. The van der Waals surface area contributed by atoms with E-state index in [4.69, 9.17) is 9.15 Å². The maximum absolute atomic E-state index is 14.7. The number of hydrogen-bond donors (Lipinski definition) is 0. The summed E-state index contributed by atoms with van der Waals surface area (Å²) in [6, 6.07) is 16.0. The van der Waals surface area contributed by atoms with Crippen LogP contribution in [-0.4, -0.2) is 49.8 Å². The van der Waals surface area contributed by atoms with E-state index in [9.17, 15) is 17.6 Å². The summed E-state index contributed by atoms with van der Waals surface area (Å²) >= 11 is 0. The van der Waals surface area contributed by atoms with Crippen molar-refractivity contribution >= 4 is 15.9 Å². The molecule has 0 atom stereocenters. The highest BCUT2D eigenvalue weighted by Crippen LogP contribution is 2.23. The smallest absolute Gasteiger partial charge is 0.257 e. The first-order valence-corrected chi connectivity index (χ1v) is 11.6. The first-order valence-electron chi connectivity index (χ1n) is 10.2. The van der Waals surface area contributed by atoms with E-state index in [1.54, 1.807) is 12.1 Å². The first kappa shape index (κ1) is 22.2. The molecule has 0 bridgehead atoms. The zero-order valence-corrected chi connectivity index (χ0v) is 18.1. The molecule has 2 heterocycles. The number of sulfonamides is 1. The molecule has 1 saturated heterocycles. The second-order valence-corrected chi connectivity index (χ2v) is 9.32. The maximum atomic E-state index is 14.7. The zero-order valence-electron chi connectivity index (χ0n) is 17.3. The van der Waals surface area contributed by atoms with E-state index < -0.39 is 21.7 Å². The molecule has 1 aromatic heterocycles. The number of benzene rings is 2. The molecule has 9 heteroatoms. The topological polar surface area (TPSA) is 80.1 Å². The van der Waals surface area contributed by atoms with Crippen molar-refractivity contribution in [2.24, 2.45) is 0 Å². The number of carbonyl (C=O) groups is 1. The van der Waals surface area contributed by atoms with E-state index in [2.05, 4.69) is 0 Å². The van der Waals surface area contributed by atoms with Crippen LogP contribution in [0, 0.1) is 5.82 Å². The van der Waals surface area contributed by atoms with E-state index in [1.807, 2.05) is 30.3 Å². The fourth-order valence-corrected chi connectivity index (χ4v) is 4.96. The third-order valence-electron chi connectivity index (χ3n) is 5.21. The second kappa shape index (κ2) is 9.64. The molecule has 1 aliphatic heterocycles. The number of amides is 1. The largest absolute Gasteiger partial charge is 0.467 e. The Morgan fingerprint density at radius 1 is 1.00 bits per heavy atom. The van der Waals surface area contributed by atoms with Crippen molar-refractivity contribution in [1.82, 2.24) is 9.21 Å². The SMILES string of the molecule is O=C(c1cc(S(=O)(=O)N2CCOCC2)ccc1F)N(Cc1ccccc1)Cc1ccco1. The third kappa shape index (κ3) is 4.90. The molecule has 0 saturated carbocycles. The van der Waals surface area contributed by atoms with E-state index in [0.29, 0.717) is 19.0 Å². The lowest BCUT2D eigenvalue weighted by atomic mass is 10.1. The molecule has 1 amide bonds. The Labute approximate surface area is 186 Å². The van der Waals surface area contributed by atoms with Crippen LogP contribution in [0.3, 0.4) is 0 Å². The number of nitrogens with zero attached hydrogens (tertiary/aromatic N) is 2. The van der Waals surface area contributed by atoms with E-state index >= 15 is 0 Å². The van der Waals surface area contributed by atoms with Crippen LogP contribution < -0.4 is 0 Å². The van der Waals surface area contributed by atoms with Gasteiger partial charge in [0.15, 0.2) is 0 Å². The Hall–Kier alpha value is -3.01. The van der Waals surface area contributed by atoms with Crippen molar-refractivity contribution in [1.29, 1.82) is 0 Å². The summed E-state index contributed by atoms with van der Waals surface area (Å²) in [5.74, 6) is -0.873. The molecule has 32 heavy (non-hydrogen) atoms. The van der Waals surface area contributed by atoms with Gasteiger partial charge in [-0.05, 0) is 35.9 Å². The van der Waals surface area contributed by atoms with Crippen LogP contribution in [0.4, 0.5) is 4.39 Å². The van der Waals surface area contributed by atoms with E-state index in [0.717, 1.165) is 17.7 Å². The maximum Gasteiger partial charge on any atom is 0.257 e. The van der Waals surface area contributed by atoms with Gasteiger partial charge in [-0.15, -0.1) is 0 Å². The summed E-state index contributed by atoms with van der Waals surface area (Å²) in [6.45, 7) is 1.32. The summed E-state index contributed by atoms with van der Waals surface area (Å²) in [6.07, 6.45) is 1.50. The highest BCUT2D eigenvalue weighted by atomic mass is 32.2. The van der Waals surface area contributed by atoms with Crippen LogP contribution >= 0.6 is 0 Å². The van der Waals surface area contributed by atoms with Gasteiger partial charge in [-0.25, -0.2) is 12.8 Å². The minimum absolute atomic E-state index is 0.112. The lowest BCUT2D eigenvalue weighted by Crippen LogP contribution is -2.40. The van der Waals surface area contributed by atoms with Gasteiger partial charge in [0, 0.05) is 19.6 Å². The molecule has 4 rings (SSSR count). The van der Waals surface area contributed by atoms with Gasteiger partial charge in [-0.3, -0.25) is 4.79 Å². The van der Waals surface area contributed by atoms with Crippen LogP contribution in [0.25, 0.3) is 0 Å². The molecular weight excluding hydrogens is 435 g/mol. The quantitative estimate of drug-likeness (QED) is 0.543. The molecule has 3 aromatic rings. The molecule has 0 unspecified atom stereocenters. The average molecular weight is 459 g/mol. The second-order valence-electron chi connectivity index (χ2n) is 7.38. The van der Waals surface area contributed by atoms with Crippen molar-refractivity contribution < 1.29 is 26.8 Å². The number of carbonyl (C=O) groups excluding carboxylic acids is 1. The minimum atomic E-state index is -3.87. The molecule has 0 radical (unpaired) electrons. The van der Waals surface area contributed by atoms with Crippen molar-refractivity contribution in [3.8, 4) is 0 Å². The Kier molecular flexibility index (Phi) is 6.69. The monoisotopic (exact) mass is 458 g/mol. The summed E-state index contributed by atoms with van der Waals surface area (Å²) in [5.41, 5.74) is 0.548. The van der Waals surface area contributed by atoms with Crippen LogP contribution in [-0.2, 0) is 27.8 Å². The Morgan fingerprint density at radius 2 is 1.75 bits per heavy atom. The average Bonchev–Trinajstić information content (AvgIpc) is 3.33. The van der Waals surface area contributed by atoms with Gasteiger partial charge >= 0.3 is 0 Å². The zero-order chi connectivity index (χ0) is 22.6. The fraction of sp³-hybridized carbons (Fsp3) is 0.261. The van der Waals surface area contributed by atoms with Crippen LogP contribution in [0.1, 0.15) is 21.7 Å². The number of furan rings is 1. The molecule has 1 aliphatic rings. The Bertz CT molecular complexity index is 1160. The molecule has 1 fully saturated rings.